The Bertz CT molecular complexity index is 597. The number of hydrogen-bond donors (Lipinski definition) is 1. The SMILES string of the molecule is CN(CCc1ccccc1)c1cc(C(F)(F)F)cc(N)n1. The van der Waals surface area contributed by atoms with Crippen LogP contribution in [0.25, 0.3) is 0 Å². The van der Waals surface area contributed by atoms with E-state index in [9.17, 15) is 13.2 Å². The first-order valence-electron chi connectivity index (χ1n) is 6.46. The molecular formula is C15H16F3N3. The zero-order chi connectivity index (χ0) is 15.5. The zero-order valence-electron chi connectivity index (χ0n) is 11.6. The lowest BCUT2D eigenvalue weighted by molar-refractivity contribution is -0.137. The van der Waals surface area contributed by atoms with Crippen LogP contribution in [0.4, 0.5) is 24.8 Å². The lowest BCUT2D eigenvalue weighted by Crippen LogP contribution is -2.22. The average molecular weight is 295 g/mol. The maximum absolute atomic E-state index is 12.8. The van der Waals surface area contributed by atoms with Gasteiger partial charge in [0.2, 0.25) is 0 Å². The van der Waals surface area contributed by atoms with Crippen LogP contribution in [0.1, 0.15) is 11.1 Å². The molecule has 0 aliphatic rings. The first-order chi connectivity index (χ1) is 9.86. The number of anilines is 2. The van der Waals surface area contributed by atoms with Crippen molar-refractivity contribution < 1.29 is 13.2 Å². The van der Waals surface area contributed by atoms with Gasteiger partial charge in [0.05, 0.1) is 5.56 Å². The molecule has 0 saturated carbocycles. The van der Waals surface area contributed by atoms with Crippen molar-refractivity contribution in [3.05, 3.63) is 53.6 Å². The smallest absolute Gasteiger partial charge is 0.384 e. The molecule has 0 radical (unpaired) electrons. The fraction of sp³-hybridized carbons (Fsp3) is 0.267. The molecule has 0 aliphatic heterocycles. The highest BCUT2D eigenvalue weighted by Gasteiger charge is 2.31. The summed E-state index contributed by atoms with van der Waals surface area (Å²) in [7, 11) is 1.70. The summed E-state index contributed by atoms with van der Waals surface area (Å²) in [6.45, 7) is 0.553. The fourth-order valence-electron chi connectivity index (χ4n) is 1.95. The fourth-order valence-corrected chi connectivity index (χ4v) is 1.95. The summed E-state index contributed by atoms with van der Waals surface area (Å²) in [5, 5.41) is 0. The highest BCUT2D eigenvalue weighted by Crippen LogP contribution is 2.32. The van der Waals surface area contributed by atoms with Gasteiger partial charge in [-0.25, -0.2) is 4.98 Å². The normalized spacial score (nSPS) is 11.4. The van der Waals surface area contributed by atoms with Crippen molar-refractivity contribution in [3.8, 4) is 0 Å². The molecular weight excluding hydrogens is 279 g/mol. The second-order valence-corrected chi connectivity index (χ2v) is 4.79. The average Bonchev–Trinajstić information content (AvgIpc) is 2.44. The van der Waals surface area contributed by atoms with Gasteiger partial charge in [0.1, 0.15) is 11.6 Å². The zero-order valence-corrected chi connectivity index (χ0v) is 11.6. The molecule has 0 bridgehead atoms. The summed E-state index contributed by atoms with van der Waals surface area (Å²) in [5.41, 5.74) is 5.80. The molecule has 0 fully saturated rings. The summed E-state index contributed by atoms with van der Waals surface area (Å²) < 4.78 is 38.3. The van der Waals surface area contributed by atoms with E-state index in [0.717, 1.165) is 24.1 Å². The van der Waals surface area contributed by atoms with Crippen molar-refractivity contribution in [2.45, 2.75) is 12.6 Å². The summed E-state index contributed by atoms with van der Waals surface area (Å²) in [6.07, 6.45) is -3.71. The summed E-state index contributed by atoms with van der Waals surface area (Å²) in [4.78, 5) is 5.63. The lowest BCUT2D eigenvalue weighted by Gasteiger charge is -2.20. The van der Waals surface area contributed by atoms with E-state index >= 15 is 0 Å². The predicted octanol–water partition coefficient (Wildman–Crippen LogP) is 3.36. The van der Waals surface area contributed by atoms with Crippen LogP contribution in [-0.2, 0) is 12.6 Å². The maximum Gasteiger partial charge on any atom is 0.416 e. The largest absolute Gasteiger partial charge is 0.416 e. The highest BCUT2D eigenvalue weighted by molar-refractivity contribution is 5.49. The van der Waals surface area contributed by atoms with Crippen LogP contribution in [-0.4, -0.2) is 18.6 Å². The molecule has 3 nitrogen and oxygen atoms in total. The van der Waals surface area contributed by atoms with Crippen LogP contribution in [0, 0.1) is 0 Å². The van der Waals surface area contributed by atoms with Gasteiger partial charge in [-0.2, -0.15) is 13.2 Å². The Morgan fingerprint density at radius 2 is 1.81 bits per heavy atom. The van der Waals surface area contributed by atoms with Crippen molar-refractivity contribution in [2.75, 3.05) is 24.2 Å². The van der Waals surface area contributed by atoms with Crippen LogP contribution in [0.5, 0.6) is 0 Å². The third kappa shape index (κ3) is 4.11. The van der Waals surface area contributed by atoms with E-state index in [0.29, 0.717) is 6.54 Å². The molecule has 112 valence electrons. The quantitative estimate of drug-likeness (QED) is 0.940. The number of nitrogens with zero attached hydrogens (tertiary/aromatic N) is 2. The lowest BCUT2D eigenvalue weighted by atomic mass is 10.1. The van der Waals surface area contributed by atoms with E-state index < -0.39 is 11.7 Å². The number of nitrogens with two attached hydrogens (primary N) is 1. The van der Waals surface area contributed by atoms with Gasteiger partial charge in [0, 0.05) is 13.6 Å². The monoisotopic (exact) mass is 295 g/mol. The maximum atomic E-state index is 12.8. The minimum absolute atomic E-state index is 0.133. The molecule has 0 spiro atoms. The Morgan fingerprint density at radius 3 is 2.43 bits per heavy atom. The second kappa shape index (κ2) is 6.03. The number of nitrogen functional groups attached to an aromatic ring is 1. The van der Waals surface area contributed by atoms with Crippen LogP contribution in [0.3, 0.4) is 0 Å². The van der Waals surface area contributed by atoms with E-state index in [1.165, 1.54) is 0 Å². The van der Waals surface area contributed by atoms with Crippen molar-refractivity contribution in [3.63, 3.8) is 0 Å². The molecule has 0 atom stereocenters. The number of alkyl halides is 3. The van der Waals surface area contributed by atoms with E-state index in [-0.39, 0.29) is 11.6 Å². The molecule has 1 aromatic carbocycles. The van der Waals surface area contributed by atoms with Gasteiger partial charge in [-0.3, -0.25) is 0 Å². The molecule has 0 saturated heterocycles. The molecule has 2 N–H and O–H groups in total. The van der Waals surface area contributed by atoms with Crippen molar-refractivity contribution in [2.24, 2.45) is 0 Å². The van der Waals surface area contributed by atoms with Gasteiger partial charge in [0.25, 0.3) is 0 Å². The number of halogens is 3. The Labute approximate surface area is 121 Å². The molecule has 0 amide bonds. The van der Waals surface area contributed by atoms with E-state index in [1.807, 2.05) is 30.3 Å². The Balaban J connectivity index is 2.12. The number of likely N-dealkylation sites (N-methyl/N-ethyl adjacent to an activating group) is 1. The van der Waals surface area contributed by atoms with Crippen molar-refractivity contribution in [1.82, 2.24) is 4.98 Å². The van der Waals surface area contributed by atoms with E-state index in [4.69, 9.17) is 5.73 Å². The predicted molar refractivity (Wildman–Crippen MR) is 77.1 cm³/mol. The minimum Gasteiger partial charge on any atom is -0.384 e. The molecule has 2 aromatic rings. The van der Waals surface area contributed by atoms with Crippen molar-refractivity contribution in [1.29, 1.82) is 0 Å². The molecule has 0 unspecified atom stereocenters. The molecule has 6 heteroatoms. The molecule has 21 heavy (non-hydrogen) atoms. The molecule has 1 aromatic heterocycles. The molecule has 0 aliphatic carbocycles. The second-order valence-electron chi connectivity index (χ2n) is 4.79. The first-order valence-corrected chi connectivity index (χ1v) is 6.46. The third-order valence-electron chi connectivity index (χ3n) is 3.13. The Hall–Kier alpha value is -2.24. The number of benzene rings is 1. The standard InChI is InChI=1S/C15H16F3N3/c1-21(8-7-11-5-3-2-4-6-11)14-10-12(15(16,17)18)9-13(19)20-14/h2-6,9-10H,7-8H2,1H3,(H2,19,20). The van der Waals surface area contributed by atoms with Gasteiger partial charge < -0.3 is 10.6 Å². The van der Waals surface area contributed by atoms with Crippen LogP contribution in [0.2, 0.25) is 0 Å². The van der Waals surface area contributed by atoms with Crippen LogP contribution in [0.15, 0.2) is 42.5 Å². The van der Waals surface area contributed by atoms with Gasteiger partial charge in [0.15, 0.2) is 0 Å². The number of pyridine rings is 1. The topological polar surface area (TPSA) is 42.1 Å². The van der Waals surface area contributed by atoms with Crippen molar-refractivity contribution >= 4 is 11.6 Å². The number of rotatable bonds is 4. The third-order valence-corrected chi connectivity index (χ3v) is 3.13. The highest BCUT2D eigenvalue weighted by atomic mass is 19.4. The van der Waals surface area contributed by atoms with Gasteiger partial charge in [-0.15, -0.1) is 0 Å². The van der Waals surface area contributed by atoms with Gasteiger partial charge >= 0.3 is 6.18 Å². The van der Waals surface area contributed by atoms with Gasteiger partial charge in [-0.05, 0) is 24.1 Å². The molecule has 2 rings (SSSR count). The number of hydrogen-bond acceptors (Lipinski definition) is 3. The summed E-state index contributed by atoms with van der Waals surface area (Å²) in [5.74, 6) is 0.0876. The van der Waals surface area contributed by atoms with E-state index in [2.05, 4.69) is 4.98 Å². The first kappa shape index (κ1) is 15.2. The van der Waals surface area contributed by atoms with E-state index in [1.54, 1.807) is 11.9 Å². The Kier molecular flexibility index (Phi) is 4.35. The number of aromatic nitrogens is 1. The molecule has 1 heterocycles. The Morgan fingerprint density at radius 1 is 1.14 bits per heavy atom. The summed E-state index contributed by atoms with van der Waals surface area (Å²) in [6, 6.07) is 11.6. The van der Waals surface area contributed by atoms with Gasteiger partial charge in [-0.1, -0.05) is 30.3 Å². The van der Waals surface area contributed by atoms with Crippen LogP contribution >= 0.6 is 0 Å². The van der Waals surface area contributed by atoms with Crippen LogP contribution < -0.4 is 10.6 Å². The summed E-state index contributed by atoms with van der Waals surface area (Å²) >= 11 is 0. The minimum atomic E-state index is -4.42.